The Hall–Kier alpha value is -3.96. The van der Waals surface area contributed by atoms with E-state index in [9.17, 15) is 38.4 Å². The first-order chi connectivity index (χ1) is 43.2. The van der Waals surface area contributed by atoms with Gasteiger partial charge in [-0.3, -0.25) is 38.4 Å². The Balaban J connectivity index is 0.000000185. The van der Waals surface area contributed by atoms with Crippen LogP contribution in [0.1, 0.15) is 144 Å². The number of methoxy groups -OCH3 is 6. The average Bonchev–Trinajstić information content (AvgIpc) is 1.53. The largest absolute Gasteiger partial charge is 0.462 e. The molecular formula is C70H100O20. The van der Waals surface area contributed by atoms with E-state index in [1.807, 2.05) is 33.8 Å². The van der Waals surface area contributed by atoms with Gasteiger partial charge < -0.3 is 56.8 Å². The highest BCUT2D eigenvalue weighted by Gasteiger charge is 2.67. The molecule has 0 N–H and O–H groups in total. The fourth-order valence-corrected chi connectivity index (χ4v) is 19.8. The third kappa shape index (κ3) is 12.4. The van der Waals surface area contributed by atoms with Crippen LogP contribution in [-0.4, -0.2) is 175 Å². The Bertz CT molecular complexity index is 2760. The number of Topliss-reactive ketones (excluding diaryl/α,β-unsaturated/α-hetero) is 6. The molecule has 6 saturated carbocycles. The Morgan fingerprint density at radius 2 is 0.833 bits per heavy atom. The minimum absolute atomic E-state index is 0.0115. The number of cyclic esters (lactones) is 2. The van der Waals surface area contributed by atoms with Gasteiger partial charge in [-0.25, -0.2) is 0 Å². The van der Waals surface area contributed by atoms with Gasteiger partial charge in [0.1, 0.15) is 72.0 Å². The number of ether oxygens (including phenoxy) is 12. The molecule has 4 heterocycles. The van der Waals surface area contributed by atoms with Crippen LogP contribution in [0.4, 0.5) is 0 Å². The maximum Gasteiger partial charge on any atom is 0.306 e. The normalized spacial score (nSPS) is 46.9. The molecule has 12 aliphatic rings. The van der Waals surface area contributed by atoms with Crippen molar-refractivity contribution in [2.24, 2.45) is 94.7 Å². The summed E-state index contributed by atoms with van der Waals surface area (Å²) < 4.78 is 72.1. The molecule has 4 saturated heterocycles. The van der Waals surface area contributed by atoms with Crippen LogP contribution in [0.3, 0.4) is 0 Å². The summed E-state index contributed by atoms with van der Waals surface area (Å²) in [7, 11) is 9.75. The molecule has 0 bridgehead atoms. The summed E-state index contributed by atoms with van der Waals surface area (Å²) in [5.41, 5.74) is 1.15. The molecule has 10 fully saturated rings. The van der Waals surface area contributed by atoms with Gasteiger partial charge in [-0.15, -0.1) is 0 Å². The molecule has 8 aliphatic carbocycles. The van der Waals surface area contributed by atoms with Crippen LogP contribution in [0.15, 0.2) is 23.3 Å². The predicted molar refractivity (Wildman–Crippen MR) is 322 cm³/mol. The first-order valence-corrected chi connectivity index (χ1v) is 34.0. The van der Waals surface area contributed by atoms with Crippen molar-refractivity contribution in [2.75, 3.05) is 42.7 Å². The van der Waals surface area contributed by atoms with Gasteiger partial charge in [0, 0.05) is 92.0 Å². The lowest BCUT2D eigenvalue weighted by molar-refractivity contribution is -0.314. The van der Waals surface area contributed by atoms with E-state index in [4.69, 9.17) is 56.8 Å². The molecular weight excluding hydrogens is 1160 g/mol. The Morgan fingerprint density at radius 3 is 1.27 bits per heavy atom. The summed E-state index contributed by atoms with van der Waals surface area (Å²) in [6.45, 7) is 11.2. The SMILES string of the molecule is CC[C@H]1CCCC(=O)[C@@H](C)C(=O)C2=C[C@H]3[C@@H]4C[C@H](O[C@@H]5OC(C)[C@H](OC)C(OC)[C@@H]5OC)C[C@H]4[C@@H]4C(=O)C[C@@H]4[C@H]3[C@@H]2CC(=O)O1.CC[C@H]1CCCC(=O)[C@@H](C)C(=O)C2=C[C@H]3[C@@H]4C[C@H](O[C@@H]5OC(C)[C@H](OC)C(OC)[C@@H]5OC)C[C@H]4[C@@H]4CC(=O)[C@@H]4[C@H]3[C@@H]2CC(=O)O1. The standard InChI is InChI=1S/2C35H50O10/c1-7-18-9-8-10-26(36)16(2)31(39)24-13-22-20-11-19(45-35-34(42-6)33(41-5)32(40-4)17(3)43-35)12-21(20)30-25(14-27(30)37)29(22)23(24)15-28(38)44-18;1-7-18-9-8-10-26(36)16(2)31(39)25-13-22-20-11-19(45-35-34(42-6)33(41-5)32(40-4)17(3)43-35)12-21(20)23-14-27(37)30(23)29(22)24(25)15-28(38)44-18/h13,16-23,25,29-30,32-35H,7-12,14-15H2,1-6H3;13,16-24,29-30,32-35H,7-12,14-15H2,1-6H3/t16-,17?,18+,19+,20-,21-,22+,23-,25-,29-,30+,32+,33?,34+,35+;16-,17?,18+,19+,20-,21-,22+,23+,24-,29-,30-,32+,33?,34+,35+/m11/s1. The summed E-state index contributed by atoms with van der Waals surface area (Å²) in [6, 6.07) is 0. The van der Waals surface area contributed by atoms with Crippen LogP contribution in [0, 0.1) is 94.7 Å². The third-order valence-corrected chi connectivity index (χ3v) is 24.3. The zero-order chi connectivity index (χ0) is 64.3. The van der Waals surface area contributed by atoms with Gasteiger partial charge in [-0.05, 0) is 162 Å². The second-order valence-corrected chi connectivity index (χ2v) is 28.6. The lowest BCUT2D eigenvalue weighted by Crippen LogP contribution is -2.59. The zero-order valence-corrected chi connectivity index (χ0v) is 55.0. The van der Waals surface area contributed by atoms with E-state index in [0.29, 0.717) is 81.8 Å². The first-order valence-electron chi connectivity index (χ1n) is 34.0. The van der Waals surface area contributed by atoms with Crippen molar-refractivity contribution < 1.29 is 95.2 Å². The maximum absolute atomic E-state index is 13.9. The van der Waals surface area contributed by atoms with Gasteiger partial charge in [-0.2, -0.15) is 0 Å². The molecule has 0 aromatic heterocycles. The summed E-state index contributed by atoms with van der Waals surface area (Å²) in [4.78, 5) is 107. The molecule has 30 atom stereocenters. The minimum atomic E-state index is -0.765. The number of hydrogen-bond donors (Lipinski definition) is 0. The highest BCUT2D eigenvalue weighted by molar-refractivity contribution is 6.11. The Labute approximate surface area is 530 Å². The van der Waals surface area contributed by atoms with Gasteiger partial charge in [0.25, 0.3) is 0 Å². The third-order valence-electron chi connectivity index (χ3n) is 24.3. The van der Waals surface area contributed by atoms with Crippen molar-refractivity contribution in [1.29, 1.82) is 0 Å². The topological polar surface area (TPSA) is 247 Å². The fourth-order valence-electron chi connectivity index (χ4n) is 19.8. The van der Waals surface area contributed by atoms with E-state index in [0.717, 1.165) is 12.8 Å². The van der Waals surface area contributed by atoms with E-state index >= 15 is 0 Å². The van der Waals surface area contributed by atoms with E-state index in [1.165, 1.54) is 0 Å². The van der Waals surface area contributed by atoms with Crippen LogP contribution in [0.2, 0.25) is 0 Å². The number of esters is 2. The summed E-state index contributed by atoms with van der Waals surface area (Å²) in [5, 5.41) is 0. The van der Waals surface area contributed by atoms with Crippen molar-refractivity contribution in [3.8, 4) is 0 Å². The van der Waals surface area contributed by atoms with Crippen molar-refractivity contribution in [3.05, 3.63) is 23.3 Å². The fraction of sp³-hybridized carbons (Fsp3) is 0.829. The molecule has 20 heteroatoms. The molecule has 0 aromatic carbocycles. The number of carbonyl (C=O) groups excluding carboxylic acids is 8. The van der Waals surface area contributed by atoms with Gasteiger partial charge >= 0.3 is 11.9 Å². The summed E-state index contributed by atoms with van der Waals surface area (Å²) >= 11 is 0. The molecule has 4 aliphatic heterocycles. The number of rotatable bonds is 12. The summed E-state index contributed by atoms with van der Waals surface area (Å²) in [5.74, 6) is -2.42. The first kappa shape index (κ1) is 67.5. The van der Waals surface area contributed by atoms with Gasteiger partial charge in [0.05, 0.1) is 49.1 Å². The summed E-state index contributed by atoms with van der Waals surface area (Å²) in [6.07, 6.45) is 7.62. The monoisotopic (exact) mass is 1260 g/mol. The van der Waals surface area contributed by atoms with E-state index < -0.39 is 42.5 Å². The van der Waals surface area contributed by atoms with Crippen molar-refractivity contribution in [1.82, 2.24) is 0 Å². The molecule has 0 spiro atoms. The van der Waals surface area contributed by atoms with Crippen molar-refractivity contribution in [3.63, 3.8) is 0 Å². The van der Waals surface area contributed by atoms with Crippen LogP contribution in [-0.2, 0) is 95.2 Å². The van der Waals surface area contributed by atoms with Crippen LogP contribution in [0.25, 0.3) is 0 Å². The molecule has 12 rings (SSSR count). The number of fused-ring (bicyclic) bond motifs is 16. The molecule has 0 amide bonds. The molecule has 20 nitrogen and oxygen atoms in total. The average molecular weight is 1260 g/mol. The number of ketones is 6. The number of hydrogen-bond acceptors (Lipinski definition) is 20. The second-order valence-electron chi connectivity index (χ2n) is 28.6. The van der Waals surface area contributed by atoms with Crippen molar-refractivity contribution >= 4 is 46.6 Å². The maximum atomic E-state index is 13.9. The van der Waals surface area contributed by atoms with Gasteiger partial charge in [-0.1, -0.05) is 26.0 Å². The van der Waals surface area contributed by atoms with E-state index in [1.54, 1.807) is 56.5 Å². The molecule has 90 heavy (non-hydrogen) atoms. The van der Waals surface area contributed by atoms with E-state index in [-0.39, 0.29) is 204 Å². The minimum Gasteiger partial charge on any atom is -0.462 e. The second kappa shape index (κ2) is 28.2. The van der Waals surface area contributed by atoms with Crippen molar-refractivity contribution in [2.45, 2.75) is 230 Å². The van der Waals surface area contributed by atoms with Crippen LogP contribution in [0.5, 0.6) is 0 Å². The van der Waals surface area contributed by atoms with E-state index in [2.05, 4.69) is 6.08 Å². The lowest BCUT2D eigenvalue weighted by atomic mass is 9.49. The molecule has 0 radical (unpaired) electrons. The quantitative estimate of drug-likeness (QED) is 0.134. The number of carbonyl (C=O) groups is 8. The number of allylic oxidation sites excluding steroid dienone is 4. The predicted octanol–water partition coefficient (Wildman–Crippen LogP) is 7.73. The van der Waals surface area contributed by atoms with Gasteiger partial charge in [0.2, 0.25) is 0 Å². The molecule has 500 valence electrons. The van der Waals surface area contributed by atoms with Crippen LogP contribution >= 0.6 is 0 Å². The highest BCUT2D eigenvalue weighted by Crippen LogP contribution is 2.67. The zero-order valence-electron chi connectivity index (χ0n) is 55.0. The molecule has 4 unspecified atom stereocenters. The van der Waals surface area contributed by atoms with Crippen LogP contribution < -0.4 is 0 Å². The smallest absolute Gasteiger partial charge is 0.306 e. The van der Waals surface area contributed by atoms with Gasteiger partial charge in [0.15, 0.2) is 24.1 Å². The highest BCUT2D eigenvalue weighted by atomic mass is 16.7. The Kier molecular flexibility index (Phi) is 21.1. The molecule has 0 aromatic rings. The Morgan fingerprint density at radius 1 is 0.433 bits per heavy atom. The lowest BCUT2D eigenvalue weighted by Gasteiger charge is -2.54.